The van der Waals surface area contributed by atoms with Gasteiger partial charge in [-0.3, -0.25) is 9.10 Å². The Kier molecular flexibility index (Phi) is 8.73. The first-order chi connectivity index (χ1) is 18.9. The first kappa shape index (κ1) is 29.4. The fraction of sp³-hybridized carbons (Fsp3) is 0.200. The molecule has 0 fully saturated rings. The van der Waals surface area contributed by atoms with E-state index in [1.165, 1.54) is 6.21 Å². The van der Waals surface area contributed by atoms with Crippen molar-refractivity contribution in [2.75, 3.05) is 10.8 Å². The monoisotopic (exact) mass is 596 g/mol. The second-order valence-corrected chi connectivity index (χ2v) is 12.4. The number of carbonyl (C=O) groups excluding carboxylic acids is 1. The van der Waals surface area contributed by atoms with Crippen LogP contribution in [-0.2, 0) is 14.8 Å². The maximum atomic E-state index is 13.7. The second-order valence-electron chi connectivity index (χ2n) is 9.63. The number of aromatic nitrogens is 1. The van der Waals surface area contributed by atoms with Crippen LogP contribution >= 0.6 is 23.2 Å². The third kappa shape index (κ3) is 6.25. The summed E-state index contributed by atoms with van der Waals surface area (Å²) in [6, 6.07) is 19.1. The van der Waals surface area contributed by atoms with E-state index in [9.17, 15) is 13.2 Å². The highest BCUT2D eigenvalue weighted by Gasteiger charge is 2.28. The van der Waals surface area contributed by atoms with Gasteiger partial charge in [-0.25, -0.2) is 13.8 Å². The van der Waals surface area contributed by atoms with Crippen LogP contribution in [0.15, 0.2) is 76.7 Å². The number of hydrogen-bond acceptors (Lipinski definition) is 4. The van der Waals surface area contributed by atoms with E-state index in [1.807, 2.05) is 63.5 Å². The van der Waals surface area contributed by atoms with E-state index in [-0.39, 0.29) is 4.90 Å². The molecule has 4 rings (SSSR count). The van der Waals surface area contributed by atoms with Gasteiger partial charge in [-0.1, -0.05) is 53.0 Å². The molecule has 208 valence electrons. The molecular weight excluding hydrogens is 567 g/mol. The number of nitrogens with zero attached hydrogens (tertiary/aromatic N) is 3. The molecule has 0 unspecified atom stereocenters. The minimum Gasteiger partial charge on any atom is -0.318 e. The summed E-state index contributed by atoms with van der Waals surface area (Å²) >= 11 is 12.4. The van der Waals surface area contributed by atoms with Crippen LogP contribution in [0.1, 0.15) is 33.6 Å². The first-order valence-corrected chi connectivity index (χ1v) is 14.7. The molecule has 0 radical (unpaired) electrons. The molecule has 0 spiro atoms. The molecule has 0 saturated carbocycles. The van der Waals surface area contributed by atoms with E-state index >= 15 is 0 Å². The van der Waals surface area contributed by atoms with Crippen LogP contribution in [0.5, 0.6) is 0 Å². The topological polar surface area (TPSA) is 83.8 Å². The summed E-state index contributed by atoms with van der Waals surface area (Å²) < 4.78 is 30.5. The van der Waals surface area contributed by atoms with Gasteiger partial charge in [0, 0.05) is 32.7 Å². The van der Waals surface area contributed by atoms with Gasteiger partial charge >= 0.3 is 0 Å². The van der Waals surface area contributed by atoms with Crippen molar-refractivity contribution >= 4 is 51.0 Å². The van der Waals surface area contributed by atoms with E-state index in [0.717, 1.165) is 43.6 Å². The lowest BCUT2D eigenvalue weighted by atomic mass is 10.1. The summed E-state index contributed by atoms with van der Waals surface area (Å²) in [4.78, 5) is 13.1. The Balaban J connectivity index is 1.59. The first-order valence-electron chi connectivity index (χ1n) is 12.5. The third-order valence-electron chi connectivity index (χ3n) is 6.71. The predicted molar refractivity (Wildman–Crippen MR) is 163 cm³/mol. The Morgan fingerprint density at radius 2 is 1.60 bits per heavy atom. The third-order valence-corrected chi connectivity index (χ3v) is 8.92. The van der Waals surface area contributed by atoms with Crippen LogP contribution in [-0.4, -0.2) is 31.7 Å². The molecule has 0 saturated heterocycles. The summed E-state index contributed by atoms with van der Waals surface area (Å²) in [6.45, 7) is 9.02. The van der Waals surface area contributed by atoms with Crippen molar-refractivity contribution < 1.29 is 13.2 Å². The van der Waals surface area contributed by atoms with Gasteiger partial charge in [-0.2, -0.15) is 5.10 Å². The number of hydrazone groups is 1. The Hall–Kier alpha value is -3.59. The summed E-state index contributed by atoms with van der Waals surface area (Å²) in [5.74, 6) is -0.580. The molecular formula is C30H30Cl2N4O3S. The average molecular weight is 598 g/mol. The summed E-state index contributed by atoms with van der Waals surface area (Å²) in [5.41, 5.74) is 8.90. The number of anilines is 1. The number of aryl methyl sites for hydroxylation is 3. The number of amides is 1. The van der Waals surface area contributed by atoms with E-state index < -0.39 is 22.5 Å². The number of rotatable bonds is 8. The molecule has 40 heavy (non-hydrogen) atoms. The quantitative estimate of drug-likeness (QED) is 0.182. The number of hydrogen-bond donors (Lipinski definition) is 1. The Morgan fingerprint density at radius 3 is 2.25 bits per heavy atom. The molecule has 0 aliphatic carbocycles. The van der Waals surface area contributed by atoms with Crippen molar-refractivity contribution in [3.63, 3.8) is 0 Å². The zero-order valence-electron chi connectivity index (χ0n) is 22.9. The molecule has 7 nitrogen and oxygen atoms in total. The van der Waals surface area contributed by atoms with E-state index in [2.05, 4.69) is 10.5 Å². The Labute approximate surface area is 245 Å². The van der Waals surface area contributed by atoms with Crippen molar-refractivity contribution in [2.24, 2.45) is 5.10 Å². The van der Waals surface area contributed by atoms with Crippen LogP contribution in [0.3, 0.4) is 0 Å². The fourth-order valence-corrected chi connectivity index (χ4v) is 6.46. The highest BCUT2D eigenvalue weighted by Crippen LogP contribution is 2.29. The fourth-order valence-electron chi connectivity index (χ4n) is 4.47. The summed E-state index contributed by atoms with van der Waals surface area (Å²) in [7, 11) is -4.03. The molecule has 1 aromatic heterocycles. The van der Waals surface area contributed by atoms with E-state index in [1.54, 1.807) is 42.5 Å². The minimum absolute atomic E-state index is 0.101. The molecule has 1 heterocycles. The predicted octanol–water partition coefficient (Wildman–Crippen LogP) is 6.67. The standard InChI is InChI=1S/C30H30Cl2N4O3S/c1-19-9-11-28(12-10-19)40(38,39)35(29-8-6-7-20(2)22(29)4)18-30(37)34-33-17-24-13-21(3)36(23(24)5)27-15-25(31)14-26(32)16-27/h6-17H,18H2,1-5H3,(H,34,37)/b33-17-. The minimum atomic E-state index is -4.03. The van der Waals surface area contributed by atoms with Gasteiger partial charge in [0.05, 0.1) is 16.8 Å². The zero-order chi connectivity index (χ0) is 29.2. The van der Waals surface area contributed by atoms with Crippen LogP contribution in [0.25, 0.3) is 5.69 Å². The van der Waals surface area contributed by atoms with Crippen LogP contribution in [0, 0.1) is 34.6 Å². The van der Waals surface area contributed by atoms with E-state index in [4.69, 9.17) is 23.2 Å². The Bertz CT molecular complexity index is 1690. The molecule has 0 aliphatic rings. The lowest BCUT2D eigenvalue weighted by Gasteiger charge is -2.26. The number of carbonyl (C=O) groups is 1. The zero-order valence-corrected chi connectivity index (χ0v) is 25.2. The van der Waals surface area contributed by atoms with Gasteiger partial charge in [-0.05, 0) is 88.2 Å². The van der Waals surface area contributed by atoms with Gasteiger partial charge in [-0.15, -0.1) is 0 Å². The lowest BCUT2D eigenvalue weighted by Crippen LogP contribution is -2.40. The molecule has 1 N–H and O–H groups in total. The lowest BCUT2D eigenvalue weighted by molar-refractivity contribution is -0.119. The largest absolute Gasteiger partial charge is 0.318 e. The highest BCUT2D eigenvalue weighted by molar-refractivity contribution is 7.92. The number of halogens is 2. The molecule has 0 atom stereocenters. The number of sulfonamides is 1. The van der Waals surface area contributed by atoms with Gasteiger partial charge in [0.2, 0.25) is 0 Å². The SMILES string of the molecule is Cc1ccc(S(=O)(=O)N(CC(=O)N/N=C\c2cc(C)n(-c3cc(Cl)cc(Cl)c3)c2C)c2cccc(C)c2C)cc1. The van der Waals surface area contributed by atoms with Crippen molar-refractivity contribution in [1.82, 2.24) is 9.99 Å². The van der Waals surface area contributed by atoms with Crippen LogP contribution < -0.4 is 9.73 Å². The molecule has 3 aromatic carbocycles. The molecule has 0 aliphatic heterocycles. The normalized spacial score (nSPS) is 11.7. The van der Waals surface area contributed by atoms with Gasteiger partial charge < -0.3 is 4.57 Å². The smallest absolute Gasteiger partial charge is 0.264 e. The summed E-state index contributed by atoms with van der Waals surface area (Å²) in [5, 5.41) is 5.17. The molecule has 0 bridgehead atoms. The van der Waals surface area contributed by atoms with Gasteiger partial charge in [0.25, 0.3) is 15.9 Å². The Morgan fingerprint density at radius 1 is 0.950 bits per heavy atom. The van der Waals surface area contributed by atoms with Crippen molar-refractivity contribution in [3.8, 4) is 5.69 Å². The molecule has 10 heteroatoms. The van der Waals surface area contributed by atoms with Gasteiger partial charge in [0.1, 0.15) is 6.54 Å². The molecule has 4 aromatic rings. The maximum absolute atomic E-state index is 13.7. The second kappa shape index (κ2) is 11.9. The number of benzene rings is 3. The maximum Gasteiger partial charge on any atom is 0.264 e. The van der Waals surface area contributed by atoms with Crippen molar-refractivity contribution in [3.05, 3.63) is 110 Å². The van der Waals surface area contributed by atoms with Crippen LogP contribution in [0.2, 0.25) is 10.0 Å². The molecule has 1 amide bonds. The number of nitrogens with one attached hydrogen (secondary N) is 1. The summed E-state index contributed by atoms with van der Waals surface area (Å²) in [6.07, 6.45) is 1.53. The van der Waals surface area contributed by atoms with Gasteiger partial charge in [0.15, 0.2) is 0 Å². The highest BCUT2D eigenvalue weighted by atomic mass is 35.5. The van der Waals surface area contributed by atoms with Crippen molar-refractivity contribution in [1.29, 1.82) is 0 Å². The van der Waals surface area contributed by atoms with Crippen LogP contribution in [0.4, 0.5) is 5.69 Å². The van der Waals surface area contributed by atoms with Crippen molar-refractivity contribution in [2.45, 2.75) is 39.5 Å². The average Bonchev–Trinajstić information content (AvgIpc) is 3.16. The van der Waals surface area contributed by atoms with E-state index in [0.29, 0.717) is 15.7 Å².